The first-order valence-corrected chi connectivity index (χ1v) is 13.9. The van der Waals surface area contributed by atoms with E-state index in [1.807, 2.05) is 18.7 Å². The van der Waals surface area contributed by atoms with Gasteiger partial charge in [-0.15, -0.1) is 0 Å². The number of aryl methyl sites for hydroxylation is 2. The van der Waals surface area contributed by atoms with Crippen molar-refractivity contribution in [3.63, 3.8) is 0 Å². The highest BCUT2D eigenvalue weighted by atomic mass is 15.1. The molecule has 1 saturated heterocycles. The van der Waals surface area contributed by atoms with Gasteiger partial charge in [0.25, 0.3) is 0 Å². The Kier molecular flexibility index (Phi) is 7.12. The average Bonchev–Trinajstić information content (AvgIpc) is 3.27. The fraction of sp³-hybridized carbons (Fsp3) is 0.500. The van der Waals surface area contributed by atoms with Crippen molar-refractivity contribution in [2.75, 3.05) is 13.1 Å². The Morgan fingerprint density at radius 3 is 2.49 bits per heavy atom. The zero-order valence-corrected chi connectivity index (χ0v) is 23.6. The molecule has 1 N–H and O–H groups in total. The fourth-order valence-electron chi connectivity index (χ4n) is 6.65. The van der Waals surface area contributed by atoms with Crippen molar-refractivity contribution in [2.45, 2.75) is 77.9 Å². The van der Waals surface area contributed by atoms with Gasteiger partial charge in [-0.3, -0.25) is 4.98 Å². The maximum Gasteiger partial charge on any atom is 0.0946 e. The van der Waals surface area contributed by atoms with E-state index in [9.17, 15) is 0 Å². The van der Waals surface area contributed by atoms with Gasteiger partial charge in [-0.25, -0.2) is 4.98 Å². The summed E-state index contributed by atoms with van der Waals surface area (Å²) in [5.41, 5.74) is 8.78. The molecule has 2 aliphatic rings. The molecule has 1 aromatic carbocycles. The lowest BCUT2D eigenvalue weighted by molar-refractivity contribution is 0.121. The van der Waals surface area contributed by atoms with Crippen molar-refractivity contribution < 1.29 is 0 Å². The number of fused-ring (bicyclic) bond motifs is 2. The van der Waals surface area contributed by atoms with E-state index in [1.165, 1.54) is 52.1 Å². The van der Waals surface area contributed by atoms with E-state index in [1.54, 1.807) is 0 Å². The molecule has 196 valence electrons. The van der Waals surface area contributed by atoms with Crippen LogP contribution in [0.15, 0.2) is 49.1 Å². The summed E-state index contributed by atoms with van der Waals surface area (Å²) in [5.74, 6) is 0.526. The highest BCUT2D eigenvalue weighted by Crippen LogP contribution is 2.51. The number of likely N-dealkylation sites (tertiary alicyclic amines) is 1. The predicted octanol–water partition coefficient (Wildman–Crippen LogP) is 6.14. The van der Waals surface area contributed by atoms with Crippen molar-refractivity contribution in [3.05, 3.63) is 82.7 Å². The van der Waals surface area contributed by atoms with Gasteiger partial charge in [0.15, 0.2) is 0 Å². The molecule has 5 nitrogen and oxygen atoms in total. The largest absolute Gasteiger partial charge is 0.336 e. The molecule has 1 fully saturated rings. The molecule has 0 bridgehead atoms. The molecule has 2 aromatic heterocycles. The van der Waals surface area contributed by atoms with Gasteiger partial charge in [0, 0.05) is 30.7 Å². The molecule has 5 heteroatoms. The first-order chi connectivity index (χ1) is 17.7. The van der Waals surface area contributed by atoms with Gasteiger partial charge in [0.1, 0.15) is 0 Å². The molecule has 5 rings (SSSR count). The number of nitrogens with zero attached hydrogens (tertiary/aromatic N) is 4. The first kappa shape index (κ1) is 25.9. The Labute approximate surface area is 223 Å². The van der Waals surface area contributed by atoms with Crippen LogP contribution in [0, 0.1) is 12.8 Å². The molecule has 0 unspecified atom stereocenters. The number of hydrogen-bond acceptors (Lipinski definition) is 4. The van der Waals surface area contributed by atoms with Crippen LogP contribution in [0.5, 0.6) is 0 Å². The minimum Gasteiger partial charge on any atom is -0.336 e. The number of pyridine rings is 1. The molecule has 0 radical (unpaired) electrons. The van der Waals surface area contributed by atoms with E-state index < -0.39 is 0 Å². The average molecular weight is 498 g/mol. The van der Waals surface area contributed by atoms with Crippen molar-refractivity contribution in [2.24, 2.45) is 13.0 Å². The summed E-state index contributed by atoms with van der Waals surface area (Å²) in [6.45, 7) is 16.1. The van der Waals surface area contributed by atoms with Crippen molar-refractivity contribution >= 4 is 11.6 Å². The molecule has 0 amide bonds. The summed E-state index contributed by atoms with van der Waals surface area (Å²) in [5, 5.41) is 3.88. The van der Waals surface area contributed by atoms with E-state index in [0.29, 0.717) is 18.0 Å². The minimum atomic E-state index is -0.171. The van der Waals surface area contributed by atoms with Gasteiger partial charge in [-0.2, -0.15) is 0 Å². The second kappa shape index (κ2) is 10.2. The maximum absolute atomic E-state index is 5.12. The quantitative estimate of drug-likeness (QED) is 0.444. The third kappa shape index (κ3) is 4.68. The molecular weight excluding hydrogens is 454 g/mol. The van der Waals surface area contributed by atoms with Gasteiger partial charge in [0.2, 0.25) is 0 Å². The van der Waals surface area contributed by atoms with Gasteiger partial charge >= 0.3 is 0 Å². The lowest BCUT2D eigenvalue weighted by Crippen LogP contribution is -2.45. The fourth-order valence-corrected chi connectivity index (χ4v) is 6.65. The predicted molar refractivity (Wildman–Crippen MR) is 153 cm³/mol. The van der Waals surface area contributed by atoms with E-state index in [2.05, 4.69) is 105 Å². The summed E-state index contributed by atoms with van der Waals surface area (Å²) in [6.07, 6.45) is 10.7. The van der Waals surface area contributed by atoms with Crippen molar-refractivity contribution in [3.8, 4) is 0 Å². The Hall–Kier alpha value is -2.76. The number of imidazole rings is 1. The van der Waals surface area contributed by atoms with Gasteiger partial charge in [-0.05, 0) is 108 Å². The number of aromatic nitrogens is 3. The van der Waals surface area contributed by atoms with Crippen LogP contribution in [0.25, 0.3) is 11.6 Å². The van der Waals surface area contributed by atoms with Crippen LogP contribution < -0.4 is 5.32 Å². The molecular formula is C32H43N5. The third-order valence-corrected chi connectivity index (χ3v) is 8.72. The van der Waals surface area contributed by atoms with E-state index in [0.717, 1.165) is 13.1 Å². The van der Waals surface area contributed by atoms with E-state index in [4.69, 9.17) is 4.98 Å². The summed E-state index contributed by atoms with van der Waals surface area (Å²) in [6, 6.07) is 12.4. The first-order valence-electron chi connectivity index (χ1n) is 13.9. The van der Waals surface area contributed by atoms with Gasteiger partial charge < -0.3 is 14.8 Å². The molecule has 1 aliphatic carbocycles. The van der Waals surface area contributed by atoms with Crippen molar-refractivity contribution in [1.29, 1.82) is 0 Å². The Morgan fingerprint density at radius 1 is 1.08 bits per heavy atom. The number of benzene rings is 1. The second-order valence-corrected chi connectivity index (χ2v) is 11.9. The van der Waals surface area contributed by atoms with Crippen molar-refractivity contribution in [1.82, 2.24) is 24.8 Å². The molecule has 2 atom stereocenters. The molecule has 0 spiro atoms. The Bertz CT molecular complexity index is 1280. The zero-order valence-electron chi connectivity index (χ0n) is 23.6. The second-order valence-electron chi connectivity index (χ2n) is 11.9. The summed E-state index contributed by atoms with van der Waals surface area (Å²) < 4.78 is 2.15. The normalized spacial score (nSPS) is 21.5. The molecule has 37 heavy (non-hydrogen) atoms. The van der Waals surface area contributed by atoms with Crippen LogP contribution >= 0.6 is 0 Å². The maximum atomic E-state index is 5.12. The number of rotatable bonds is 6. The highest BCUT2D eigenvalue weighted by molar-refractivity contribution is 5.89. The monoisotopic (exact) mass is 497 g/mol. The Morgan fingerprint density at radius 2 is 1.84 bits per heavy atom. The van der Waals surface area contributed by atoms with Crippen LogP contribution in [-0.2, 0) is 12.5 Å². The van der Waals surface area contributed by atoms with Gasteiger partial charge in [-0.1, -0.05) is 29.8 Å². The molecule has 3 aromatic rings. The number of hydrogen-bond donors (Lipinski definition) is 1. The van der Waals surface area contributed by atoms with Crippen LogP contribution in [0.3, 0.4) is 0 Å². The van der Waals surface area contributed by atoms with Crippen LogP contribution in [-0.4, -0.2) is 44.6 Å². The lowest BCUT2D eigenvalue weighted by Gasteiger charge is -2.44. The van der Waals surface area contributed by atoms with Crippen LogP contribution in [0.2, 0.25) is 0 Å². The van der Waals surface area contributed by atoms with Crippen LogP contribution in [0.4, 0.5) is 0 Å². The van der Waals surface area contributed by atoms with Gasteiger partial charge in [0.05, 0.1) is 30.0 Å². The third-order valence-electron chi connectivity index (χ3n) is 8.72. The van der Waals surface area contributed by atoms with E-state index in [-0.39, 0.29) is 11.5 Å². The summed E-state index contributed by atoms with van der Waals surface area (Å²) in [7, 11) is 2.09. The SMILES string of the molecule is Cc1ccc2c(c1)C([C@H](NC(C)C)c1cncn1C)=Cc1cccnc1[C@]2(C)C1CCN(C(C)C)CC1. The topological polar surface area (TPSA) is 46.0 Å². The minimum absolute atomic E-state index is 0.0197. The smallest absolute Gasteiger partial charge is 0.0946 e. The number of piperidine rings is 1. The summed E-state index contributed by atoms with van der Waals surface area (Å²) >= 11 is 0. The number of nitrogens with one attached hydrogen (secondary N) is 1. The summed E-state index contributed by atoms with van der Waals surface area (Å²) in [4.78, 5) is 12.2. The van der Waals surface area contributed by atoms with E-state index >= 15 is 0 Å². The standard InChI is InChI=1S/C32H43N5/c1-21(2)35-30(29-19-33-20-36(29)7)27-18-24-9-8-14-34-31(24)32(6,28-11-10-23(5)17-26(27)28)25-12-15-37(16-13-25)22(3)4/h8-11,14,17-22,25,30,35H,12-13,15-16H2,1-7H3/t30-,32+/m0/s1. The molecule has 3 heterocycles. The molecule has 1 aliphatic heterocycles. The lowest BCUT2D eigenvalue weighted by atomic mass is 9.64. The highest BCUT2D eigenvalue weighted by Gasteiger charge is 2.45. The Balaban J connectivity index is 1.72. The zero-order chi connectivity index (χ0) is 26.3. The van der Waals surface area contributed by atoms with Crippen LogP contribution in [0.1, 0.15) is 87.1 Å². The molecule has 0 saturated carbocycles.